The van der Waals surface area contributed by atoms with E-state index in [9.17, 15) is 0 Å². The summed E-state index contributed by atoms with van der Waals surface area (Å²) in [5.74, 6) is 0.514. The molecule has 1 nitrogen and oxygen atoms in total. The maximum Gasteiger partial charge on any atom is 0.0637 e. The van der Waals surface area contributed by atoms with E-state index in [1.807, 2.05) is 12.1 Å². The first-order valence-corrected chi connectivity index (χ1v) is 7.40. The molecule has 1 heterocycles. The van der Waals surface area contributed by atoms with Crippen LogP contribution in [0.2, 0.25) is 5.02 Å². The van der Waals surface area contributed by atoms with Crippen molar-refractivity contribution in [3.8, 4) is 0 Å². The molecule has 96 valence electrons. The highest BCUT2D eigenvalue weighted by molar-refractivity contribution is 7.10. The Labute approximate surface area is 118 Å². The minimum absolute atomic E-state index is 0.310. The third kappa shape index (κ3) is 3.06. The molecule has 0 saturated heterocycles. The number of rotatable bonds is 4. The Balaban J connectivity index is 2.27. The second-order valence-electron chi connectivity index (χ2n) is 4.86. The zero-order valence-electron chi connectivity index (χ0n) is 10.9. The van der Waals surface area contributed by atoms with Crippen molar-refractivity contribution in [2.45, 2.75) is 26.8 Å². The lowest BCUT2D eigenvalue weighted by Gasteiger charge is -2.23. The lowest BCUT2D eigenvalue weighted by Crippen LogP contribution is -2.15. The smallest absolute Gasteiger partial charge is 0.0637 e. The van der Waals surface area contributed by atoms with Gasteiger partial charge in [-0.15, -0.1) is 11.3 Å². The van der Waals surface area contributed by atoms with Crippen LogP contribution < -0.4 is 5.32 Å². The van der Waals surface area contributed by atoms with Gasteiger partial charge in [0.2, 0.25) is 0 Å². The van der Waals surface area contributed by atoms with Crippen molar-refractivity contribution >= 4 is 28.6 Å². The molecule has 1 unspecified atom stereocenters. The van der Waals surface area contributed by atoms with Crippen molar-refractivity contribution < 1.29 is 0 Å². The van der Waals surface area contributed by atoms with Crippen LogP contribution in [0, 0.1) is 12.8 Å². The summed E-state index contributed by atoms with van der Waals surface area (Å²) in [6.45, 7) is 6.53. The molecular weight excluding hydrogens is 262 g/mol. The van der Waals surface area contributed by atoms with Gasteiger partial charge >= 0.3 is 0 Å². The van der Waals surface area contributed by atoms with E-state index in [2.05, 4.69) is 49.7 Å². The zero-order chi connectivity index (χ0) is 13.1. The van der Waals surface area contributed by atoms with Crippen molar-refractivity contribution in [3.63, 3.8) is 0 Å². The zero-order valence-corrected chi connectivity index (χ0v) is 12.5. The third-order valence-corrected chi connectivity index (χ3v) is 4.23. The molecule has 0 aliphatic carbocycles. The van der Waals surface area contributed by atoms with Gasteiger partial charge in [0.1, 0.15) is 0 Å². The van der Waals surface area contributed by atoms with Crippen molar-refractivity contribution in [1.29, 1.82) is 0 Å². The molecular formula is C15H18ClNS. The molecule has 1 atom stereocenters. The number of aryl methyl sites for hydroxylation is 1. The fourth-order valence-corrected chi connectivity index (χ4v) is 3.07. The molecule has 1 aromatic carbocycles. The molecule has 0 saturated carbocycles. The number of anilines is 1. The van der Waals surface area contributed by atoms with Crippen LogP contribution in [0.5, 0.6) is 0 Å². The SMILES string of the molecule is Cc1ccc(Cl)c(NC(c2cccs2)C(C)C)c1. The highest BCUT2D eigenvalue weighted by Crippen LogP contribution is 2.32. The summed E-state index contributed by atoms with van der Waals surface area (Å²) in [7, 11) is 0. The highest BCUT2D eigenvalue weighted by atomic mass is 35.5. The largest absolute Gasteiger partial charge is 0.376 e. The van der Waals surface area contributed by atoms with Gasteiger partial charge in [-0.25, -0.2) is 0 Å². The number of halogens is 1. The lowest BCUT2D eigenvalue weighted by atomic mass is 10.0. The van der Waals surface area contributed by atoms with Gasteiger partial charge < -0.3 is 5.32 Å². The first kappa shape index (κ1) is 13.4. The van der Waals surface area contributed by atoms with Gasteiger partial charge in [-0.1, -0.05) is 37.6 Å². The number of benzene rings is 1. The van der Waals surface area contributed by atoms with Gasteiger partial charge in [0, 0.05) is 4.88 Å². The van der Waals surface area contributed by atoms with Crippen LogP contribution in [0.4, 0.5) is 5.69 Å². The van der Waals surface area contributed by atoms with Crippen LogP contribution in [-0.4, -0.2) is 0 Å². The van der Waals surface area contributed by atoms with E-state index in [0.717, 1.165) is 10.7 Å². The first-order chi connectivity index (χ1) is 8.58. The van der Waals surface area contributed by atoms with Crippen molar-refractivity contribution in [3.05, 3.63) is 51.2 Å². The van der Waals surface area contributed by atoms with E-state index < -0.39 is 0 Å². The molecule has 3 heteroatoms. The predicted molar refractivity (Wildman–Crippen MR) is 81.7 cm³/mol. The van der Waals surface area contributed by atoms with Gasteiger partial charge in [0.05, 0.1) is 16.8 Å². The minimum Gasteiger partial charge on any atom is -0.376 e. The molecule has 0 amide bonds. The van der Waals surface area contributed by atoms with Crippen molar-refractivity contribution in [2.75, 3.05) is 5.32 Å². The Bertz CT molecular complexity index is 505. The highest BCUT2D eigenvalue weighted by Gasteiger charge is 2.17. The van der Waals surface area contributed by atoms with E-state index in [-0.39, 0.29) is 0 Å². The van der Waals surface area contributed by atoms with E-state index in [1.54, 1.807) is 11.3 Å². The quantitative estimate of drug-likeness (QED) is 0.777. The molecule has 0 fully saturated rings. The molecule has 1 N–H and O–H groups in total. The summed E-state index contributed by atoms with van der Waals surface area (Å²) in [5, 5.41) is 6.46. The van der Waals surface area contributed by atoms with Crippen molar-refractivity contribution in [2.24, 2.45) is 5.92 Å². The topological polar surface area (TPSA) is 12.0 Å². The van der Waals surface area contributed by atoms with Gasteiger partial charge in [0.15, 0.2) is 0 Å². The van der Waals surface area contributed by atoms with E-state index in [4.69, 9.17) is 11.6 Å². The predicted octanol–water partition coefficient (Wildman–Crippen LogP) is 5.52. The molecule has 0 bridgehead atoms. The van der Waals surface area contributed by atoms with Gasteiger partial charge in [-0.2, -0.15) is 0 Å². The molecule has 2 rings (SSSR count). The maximum absolute atomic E-state index is 6.25. The Morgan fingerprint density at radius 2 is 2.00 bits per heavy atom. The summed E-state index contributed by atoms with van der Waals surface area (Å²) < 4.78 is 0. The molecule has 0 spiro atoms. The number of hydrogen-bond acceptors (Lipinski definition) is 2. The number of hydrogen-bond donors (Lipinski definition) is 1. The van der Waals surface area contributed by atoms with Crippen LogP contribution in [0.15, 0.2) is 35.7 Å². The normalized spacial score (nSPS) is 12.7. The van der Waals surface area contributed by atoms with E-state index in [0.29, 0.717) is 12.0 Å². The monoisotopic (exact) mass is 279 g/mol. The Morgan fingerprint density at radius 1 is 1.22 bits per heavy atom. The third-order valence-electron chi connectivity index (χ3n) is 2.95. The van der Waals surface area contributed by atoms with Crippen molar-refractivity contribution in [1.82, 2.24) is 0 Å². The Kier molecular flexibility index (Phi) is 4.31. The molecule has 1 aromatic heterocycles. The molecule has 0 aliphatic rings. The van der Waals surface area contributed by atoms with Crippen LogP contribution in [0.1, 0.15) is 30.3 Å². The fraction of sp³-hybridized carbons (Fsp3) is 0.333. The van der Waals surface area contributed by atoms with Crippen LogP contribution in [0.3, 0.4) is 0 Å². The second kappa shape index (κ2) is 5.77. The van der Waals surface area contributed by atoms with Gasteiger partial charge in [-0.3, -0.25) is 0 Å². The fourth-order valence-electron chi connectivity index (χ4n) is 1.95. The summed E-state index contributed by atoms with van der Waals surface area (Å²) in [6.07, 6.45) is 0. The maximum atomic E-state index is 6.25. The standard InChI is InChI=1S/C15H18ClNS/c1-10(2)15(14-5-4-8-18-14)17-13-9-11(3)6-7-12(13)16/h4-10,15,17H,1-3H3. The van der Waals surface area contributed by atoms with Gasteiger partial charge in [0.25, 0.3) is 0 Å². The second-order valence-corrected chi connectivity index (χ2v) is 6.25. The van der Waals surface area contributed by atoms with Crippen LogP contribution >= 0.6 is 22.9 Å². The summed E-state index contributed by atoms with van der Waals surface area (Å²) in [4.78, 5) is 1.35. The van der Waals surface area contributed by atoms with Gasteiger partial charge in [-0.05, 0) is 42.0 Å². The summed E-state index contributed by atoms with van der Waals surface area (Å²) >= 11 is 8.03. The lowest BCUT2D eigenvalue weighted by molar-refractivity contribution is 0.554. The molecule has 2 aromatic rings. The number of nitrogens with one attached hydrogen (secondary N) is 1. The average molecular weight is 280 g/mol. The minimum atomic E-state index is 0.310. The van der Waals surface area contributed by atoms with E-state index >= 15 is 0 Å². The first-order valence-electron chi connectivity index (χ1n) is 6.14. The Hall–Kier alpha value is -0.990. The molecule has 18 heavy (non-hydrogen) atoms. The van der Waals surface area contributed by atoms with E-state index in [1.165, 1.54) is 10.4 Å². The molecule has 0 aliphatic heterocycles. The van der Waals surface area contributed by atoms with Crippen LogP contribution in [0.25, 0.3) is 0 Å². The molecule has 0 radical (unpaired) electrons. The summed E-state index contributed by atoms with van der Waals surface area (Å²) in [5.41, 5.74) is 2.24. The Morgan fingerprint density at radius 3 is 2.61 bits per heavy atom. The average Bonchev–Trinajstić information content (AvgIpc) is 2.83. The summed E-state index contributed by atoms with van der Waals surface area (Å²) in [6, 6.07) is 10.7. The number of thiophene rings is 1. The van der Waals surface area contributed by atoms with Crippen LogP contribution in [-0.2, 0) is 0 Å².